The van der Waals surface area contributed by atoms with E-state index < -0.39 is 0 Å². The number of rotatable bonds is 2. The fourth-order valence-corrected chi connectivity index (χ4v) is 2.77. The average molecular weight is 312 g/mol. The van der Waals surface area contributed by atoms with Crippen molar-refractivity contribution >= 4 is 18.4 Å². The summed E-state index contributed by atoms with van der Waals surface area (Å²) in [5.74, 6) is -0.0589. The number of benzene rings is 1. The first-order valence-corrected chi connectivity index (χ1v) is 7.33. The van der Waals surface area contributed by atoms with Crippen LogP contribution in [0.1, 0.15) is 50.8 Å². The molecule has 0 aromatic heterocycles. The molecule has 2 atom stereocenters. The fraction of sp³-hybridized carbons (Fsp3) is 0.588. The Balaban J connectivity index is 0.00000220. The average Bonchev–Trinajstić information content (AvgIpc) is 2.46. The predicted molar refractivity (Wildman–Crippen MR) is 87.9 cm³/mol. The number of methoxy groups -OCH3 is 1. The van der Waals surface area contributed by atoms with Gasteiger partial charge in [0.2, 0.25) is 0 Å². The highest BCUT2D eigenvalue weighted by Crippen LogP contribution is 2.30. The molecule has 118 valence electrons. The van der Waals surface area contributed by atoms with E-state index in [0.717, 1.165) is 19.4 Å². The van der Waals surface area contributed by atoms with Crippen LogP contribution >= 0.6 is 12.4 Å². The van der Waals surface area contributed by atoms with E-state index in [2.05, 4.69) is 50.4 Å². The standard InChI is InChI=1S/C17H25NO2.ClH/c1-17(2,3)14-7-5-12(6-8-14)15-11-13(9-10-18-15)16(19)20-4;/h5-8,13,15,18H,9-11H2,1-4H3;1H. The second kappa shape index (κ2) is 7.28. The summed E-state index contributed by atoms with van der Waals surface area (Å²) in [6.07, 6.45) is 1.69. The Morgan fingerprint density at radius 1 is 1.24 bits per heavy atom. The van der Waals surface area contributed by atoms with Gasteiger partial charge >= 0.3 is 5.97 Å². The molecule has 0 radical (unpaired) electrons. The van der Waals surface area contributed by atoms with Gasteiger partial charge in [-0.3, -0.25) is 4.79 Å². The Morgan fingerprint density at radius 3 is 2.38 bits per heavy atom. The summed E-state index contributed by atoms with van der Waals surface area (Å²) in [6, 6.07) is 9.00. The topological polar surface area (TPSA) is 38.3 Å². The molecule has 0 amide bonds. The second-order valence-electron chi connectivity index (χ2n) is 6.62. The maximum Gasteiger partial charge on any atom is 0.308 e. The SMILES string of the molecule is COC(=O)C1CCNC(c2ccc(C(C)(C)C)cc2)C1.Cl. The Morgan fingerprint density at radius 2 is 1.86 bits per heavy atom. The molecule has 1 aromatic rings. The Labute approximate surface area is 133 Å². The third-order valence-electron chi connectivity index (χ3n) is 4.12. The van der Waals surface area contributed by atoms with Gasteiger partial charge in [0.15, 0.2) is 0 Å². The molecule has 2 rings (SSSR count). The van der Waals surface area contributed by atoms with Gasteiger partial charge in [0.1, 0.15) is 0 Å². The minimum absolute atomic E-state index is 0. The van der Waals surface area contributed by atoms with Crippen molar-refractivity contribution < 1.29 is 9.53 Å². The van der Waals surface area contributed by atoms with Crippen LogP contribution in [0.3, 0.4) is 0 Å². The van der Waals surface area contributed by atoms with Gasteiger partial charge in [0.25, 0.3) is 0 Å². The van der Waals surface area contributed by atoms with Crippen LogP contribution in [-0.2, 0) is 14.9 Å². The molecule has 0 bridgehead atoms. The quantitative estimate of drug-likeness (QED) is 0.848. The zero-order chi connectivity index (χ0) is 14.8. The number of ether oxygens (including phenoxy) is 1. The van der Waals surface area contributed by atoms with Crippen molar-refractivity contribution in [1.82, 2.24) is 5.32 Å². The molecule has 1 N–H and O–H groups in total. The number of hydrogen-bond donors (Lipinski definition) is 1. The highest BCUT2D eigenvalue weighted by Gasteiger charge is 2.28. The molecular formula is C17H26ClNO2. The van der Waals surface area contributed by atoms with E-state index in [0.29, 0.717) is 0 Å². The smallest absolute Gasteiger partial charge is 0.308 e. The van der Waals surface area contributed by atoms with Gasteiger partial charge in [-0.25, -0.2) is 0 Å². The number of halogens is 1. The van der Waals surface area contributed by atoms with Crippen LogP contribution in [0, 0.1) is 5.92 Å². The zero-order valence-electron chi connectivity index (χ0n) is 13.3. The lowest BCUT2D eigenvalue weighted by atomic mass is 9.84. The maximum atomic E-state index is 11.7. The molecule has 3 nitrogen and oxygen atoms in total. The Bertz CT molecular complexity index is 465. The largest absolute Gasteiger partial charge is 0.469 e. The van der Waals surface area contributed by atoms with E-state index in [9.17, 15) is 4.79 Å². The van der Waals surface area contributed by atoms with E-state index in [-0.39, 0.29) is 35.8 Å². The van der Waals surface area contributed by atoms with Crippen LogP contribution < -0.4 is 5.32 Å². The minimum atomic E-state index is -0.0807. The second-order valence-corrected chi connectivity index (χ2v) is 6.62. The van der Waals surface area contributed by atoms with Gasteiger partial charge in [0, 0.05) is 6.04 Å². The highest BCUT2D eigenvalue weighted by molar-refractivity contribution is 5.85. The first-order chi connectivity index (χ1) is 9.41. The Hall–Kier alpha value is -1.06. The lowest BCUT2D eigenvalue weighted by Crippen LogP contribution is -2.35. The predicted octanol–water partition coefficient (Wildman–Crippen LogP) is 3.62. The van der Waals surface area contributed by atoms with E-state index in [4.69, 9.17) is 4.74 Å². The van der Waals surface area contributed by atoms with Crippen LogP contribution in [0.25, 0.3) is 0 Å². The number of nitrogens with one attached hydrogen (secondary N) is 1. The molecule has 1 heterocycles. The minimum Gasteiger partial charge on any atom is -0.469 e. The number of carbonyl (C=O) groups excluding carboxylic acids is 1. The van der Waals surface area contributed by atoms with Crippen molar-refractivity contribution in [2.24, 2.45) is 5.92 Å². The molecule has 0 saturated carbocycles. The van der Waals surface area contributed by atoms with E-state index in [1.807, 2.05) is 0 Å². The van der Waals surface area contributed by atoms with Crippen LogP contribution in [0.15, 0.2) is 24.3 Å². The number of hydrogen-bond acceptors (Lipinski definition) is 3. The molecule has 1 aromatic carbocycles. The van der Waals surface area contributed by atoms with Gasteiger partial charge in [-0.2, -0.15) is 0 Å². The number of esters is 1. The van der Waals surface area contributed by atoms with Crippen molar-refractivity contribution in [3.8, 4) is 0 Å². The third kappa shape index (κ3) is 4.45. The summed E-state index contributed by atoms with van der Waals surface area (Å²) in [4.78, 5) is 11.7. The van der Waals surface area contributed by atoms with Crippen molar-refractivity contribution in [1.29, 1.82) is 0 Å². The van der Waals surface area contributed by atoms with Crippen molar-refractivity contribution in [3.63, 3.8) is 0 Å². The molecule has 0 spiro atoms. The normalized spacial score (nSPS) is 22.3. The molecule has 1 aliphatic heterocycles. The summed E-state index contributed by atoms with van der Waals surface area (Å²) < 4.78 is 4.87. The molecule has 1 aliphatic rings. The van der Waals surface area contributed by atoms with Gasteiger partial charge < -0.3 is 10.1 Å². The van der Waals surface area contributed by atoms with E-state index >= 15 is 0 Å². The molecular weight excluding hydrogens is 286 g/mol. The van der Waals surface area contributed by atoms with Crippen LogP contribution in [-0.4, -0.2) is 19.6 Å². The van der Waals surface area contributed by atoms with Gasteiger partial charge in [-0.05, 0) is 35.9 Å². The highest BCUT2D eigenvalue weighted by atomic mass is 35.5. The lowest BCUT2D eigenvalue weighted by Gasteiger charge is -2.29. The molecule has 21 heavy (non-hydrogen) atoms. The summed E-state index contributed by atoms with van der Waals surface area (Å²) >= 11 is 0. The maximum absolute atomic E-state index is 11.7. The van der Waals surface area contributed by atoms with Crippen LogP contribution in [0.5, 0.6) is 0 Å². The number of piperidine rings is 1. The van der Waals surface area contributed by atoms with Crippen molar-refractivity contribution in [2.45, 2.75) is 45.1 Å². The van der Waals surface area contributed by atoms with Crippen LogP contribution in [0.2, 0.25) is 0 Å². The first-order valence-electron chi connectivity index (χ1n) is 7.33. The fourth-order valence-electron chi connectivity index (χ4n) is 2.77. The van der Waals surface area contributed by atoms with E-state index in [1.165, 1.54) is 18.2 Å². The Kier molecular flexibility index (Phi) is 6.24. The summed E-state index contributed by atoms with van der Waals surface area (Å²) in [5.41, 5.74) is 2.76. The van der Waals surface area contributed by atoms with Crippen LogP contribution in [0.4, 0.5) is 0 Å². The monoisotopic (exact) mass is 311 g/mol. The number of carbonyl (C=O) groups is 1. The molecule has 0 aliphatic carbocycles. The molecule has 1 fully saturated rings. The molecule has 4 heteroatoms. The third-order valence-corrected chi connectivity index (χ3v) is 4.12. The van der Waals surface area contributed by atoms with E-state index in [1.54, 1.807) is 0 Å². The summed E-state index contributed by atoms with van der Waals surface area (Å²) in [5, 5.41) is 3.49. The lowest BCUT2D eigenvalue weighted by molar-refractivity contribution is -0.146. The summed E-state index contributed by atoms with van der Waals surface area (Å²) in [7, 11) is 1.47. The van der Waals surface area contributed by atoms with Gasteiger partial charge in [0.05, 0.1) is 13.0 Å². The van der Waals surface area contributed by atoms with Gasteiger partial charge in [-0.15, -0.1) is 12.4 Å². The summed E-state index contributed by atoms with van der Waals surface area (Å²) in [6.45, 7) is 7.52. The van der Waals surface area contributed by atoms with Crippen molar-refractivity contribution in [2.75, 3.05) is 13.7 Å². The van der Waals surface area contributed by atoms with Crippen molar-refractivity contribution in [3.05, 3.63) is 35.4 Å². The van der Waals surface area contributed by atoms with Gasteiger partial charge in [-0.1, -0.05) is 45.0 Å². The zero-order valence-corrected chi connectivity index (χ0v) is 14.1. The molecule has 1 saturated heterocycles. The first kappa shape index (κ1) is 18.0. The molecule has 2 unspecified atom stereocenters.